The van der Waals surface area contributed by atoms with Crippen LogP contribution in [0.3, 0.4) is 0 Å². The van der Waals surface area contributed by atoms with E-state index in [-0.39, 0.29) is 64.0 Å². The number of hydrogen-bond donors (Lipinski definition) is 2. The number of esters is 4. The van der Waals surface area contributed by atoms with E-state index in [0.717, 1.165) is 96.6 Å². The van der Waals surface area contributed by atoms with Gasteiger partial charge in [-0.1, -0.05) is 155 Å². The van der Waals surface area contributed by atoms with Crippen molar-refractivity contribution < 1.29 is 48.0 Å². The second kappa shape index (κ2) is 42.8. The topological polar surface area (TPSA) is 158 Å². The highest BCUT2D eigenvalue weighted by Crippen LogP contribution is 2.22. The Hall–Kier alpha value is -3.25. The molecule has 388 valence electrons. The Morgan fingerprint density at radius 2 is 0.940 bits per heavy atom. The number of unbranched alkanes of at least 4 members (excludes halogenated alkanes) is 22. The summed E-state index contributed by atoms with van der Waals surface area (Å²) in [5.41, 5.74) is -1.06. The van der Waals surface area contributed by atoms with E-state index >= 15 is 0 Å². The van der Waals surface area contributed by atoms with Crippen molar-refractivity contribution in [2.45, 2.75) is 245 Å². The van der Waals surface area contributed by atoms with Gasteiger partial charge < -0.3 is 34.3 Å². The van der Waals surface area contributed by atoms with Crippen LogP contribution in [-0.2, 0) is 42.9 Å². The van der Waals surface area contributed by atoms with Gasteiger partial charge in [0.2, 0.25) is 5.91 Å². The van der Waals surface area contributed by atoms with Gasteiger partial charge in [-0.15, -0.1) is 0 Å². The van der Waals surface area contributed by atoms with Gasteiger partial charge in [-0.25, -0.2) is 0 Å². The summed E-state index contributed by atoms with van der Waals surface area (Å²) in [7, 11) is 0. The maximum atomic E-state index is 12.9. The first-order valence-corrected chi connectivity index (χ1v) is 27.1. The fourth-order valence-corrected chi connectivity index (χ4v) is 7.97. The molecule has 0 radical (unpaired) electrons. The Bertz CT molecular complexity index is 1330. The lowest BCUT2D eigenvalue weighted by molar-refractivity contribution is -0.167. The lowest BCUT2D eigenvalue weighted by atomic mass is 9.87. The van der Waals surface area contributed by atoms with E-state index in [0.29, 0.717) is 19.4 Å². The van der Waals surface area contributed by atoms with Crippen LogP contribution in [-0.4, -0.2) is 98.0 Å². The van der Waals surface area contributed by atoms with Crippen LogP contribution in [0.5, 0.6) is 0 Å². The molecule has 1 fully saturated rings. The number of amides is 1. The third-order valence-corrected chi connectivity index (χ3v) is 12.5. The van der Waals surface area contributed by atoms with Crippen molar-refractivity contribution in [2.24, 2.45) is 5.41 Å². The van der Waals surface area contributed by atoms with E-state index in [2.05, 4.69) is 48.4 Å². The first-order valence-electron chi connectivity index (χ1n) is 27.1. The molecule has 1 aliphatic heterocycles. The van der Waals surface area contributed by atoms with Crippen molar-refractivity contribution in [3.8, 4) is 0 Å². The molecule has 0 spiro atoms. The van der Waals surface area contributed by atoms with E-state index in [1.54, 1.807) is 13.8 Å². The molecule has 1 aliphatic rings. The van der Waals surface area contributed by atoms with E-state index < -0.39 is 35.5 Å². The van der Waals surface area contributed by atoms with E-state index in [9.17, 15) is 29.1 Å². The molecule has 2 N–H and O–H groups in total. The Morgan fingerprint density at radius 3 is 1.42 bits per heavy atom. The number of hydrogen-bond acceptors (Lipinski definition) is 11. The summed E-state index contributed by atoms with van der Waals surface area (Å²) in [6.07, 6.45) is 39.7. The van der Waals surface area contributed by atoms with Gasteiger partial charge in [0.25, 0.3) is 0 Å². The number of nitrogens with zero attached hydrogens (tertiary/aromatic N) is 1. The summed E-state index contributed by atoms with van der Waals surface area (Å²) >= 11 is 0. The average molecular weight is 947 g/mol. The number of ether oxygens (including phenoxy) is 4. The van der Waals surface area contributed by atoms with Crippen LogP contribution < -0.4 is 5.32 Å². The summed E-state index contributed by atoms with van der Waals surface area (Å²) in [5.74, 6) is -2.56. The zero-order valence-corrected chi connectivity index (χ0v) is 43.1. The molecule has 0 aromatic heterocycles. The highest BCUT2D eigenvalue weighted by molar-refractivity contribution is 5.82. The Kier molecular flexibility index (Phi) is 39.5. The van der Waals surface area contributed by atoms with Crippen LogP contribution in [0.2, 0.25) is 0 Å². The molecule has 12 heteroatoms. The van der Waals surface area contributed by atoms with Crippen molar-refractivity contribution >= 4 is 29.8 Å². The first-order chi connectivity index (χ1) is 32.5. The third kappa shape index (κ3) is 37.3. The van der Waals surface area contributed by atoms with Gasteiger partial charge in [0, 0.05) is 31.3 Å². The van der Waals surface area contributed by atoms with Crippen molar-refractivity contribution in [3.05, 3.63) is 24.3 Å². The summed E-state index contributed by atoms with van der Waals surface area (Å²) in [6.45, 7) is 9.56. The Morgan fingerprint density at radius 1 is 0.537 bits per heavy atom. The van der Waals surface area contributed by atoms with Gasteiger partial charge in [0.05, 0.1) is 19.4 Å². The van der Waals surface area contributed by atoms with Gasteiger partial charge >= 0.3 is 23.9 Å². The molecule has 0 saturated carbocycles. The van der Waals surface area contributed by atoms with Crippen LogP contribution in [0.1, 0.15) is 233 Å². The van der Waals surface area contributed by atoms with Gasteiger partial charge in [0.15, 0.2) is 6.10 Å². The molecule has 0 bridgehead atoms. The second-order valence-corrected chi connectivity index (χ2v) is 19.5. The lowest BCUT2D eigenvalue weighted by Gasteiger charge is -2.29. The van der Waals surface area contributed by atoms with Crippen LogP contribution in [0.4, 0.5) is 0 Å². The Labute approximate surface area is 407 Å². The number of rotatable bonds is 45. The van der Waals surface area contributed by atoms with E-state index in [1.807, 2.05) is 0 Å². The lowest BCUT2D eigenvalue weighted by Crippen LogP contribution is -2.46. The van der Waals surface area contributed by atoms with Crippen LogP contribution in [0, 0.1) is 5.41 Å². The zero-order valence-electron chi connectivity index (χ0n) is 43.1. The second-order valence-electron chi connectivity index (χ2n) is 19.5. The number of likely N-dealkylation sites (tertiary alicyclic amines) is 1. The van der Waals surface area contributed by atoms with Crippen molar-refractivity contribution in [1.82, 2.24) is 10.2 Å². The van der Waals surface area contributed by atoms with Crippen molar-refractivity contribution in [2.75, 3.05) is 46.0 Å². The smallest absolute Gasteiger partial charge is 0.307 e. The van der Waals surface area contributed by atoms with Crippen LogP contribution in [0.25, 0.3) is 0 Å². The SMILES string of the molecule is CCCCCCCC/C=C\CCCCCCCC(=O)OCC(COC(=O)CCNC(=O)[C@H](O)C(C)(C)COC(=O)CCN1CCCC1)OC(=O)CCCCCCC/C=C\CCCCCCCC. The standard InChI is InChI=1S/C55H98N2O10/c1-5-7-9-11-13-15-17-19-21-23-25-27-29-31-33-37-49(58)64-45-48(67-52(61)38-34-32-30-28-26-24-22-20-18-16-14-12-10-8-6-2)46-65-50(59)39-41-56-54(63)53(62)55(3,4)47-66-51(60)40-44-57-42-35-36-43-57/h19-22,48,53,62H,5-18,23-47H2,1-4H3,(H,56,63)/b21-19-,22-20-/t48?,53-/m0/s1. The molecule has 1 saturated heterocycles. The predicted molar refractivity (Wildman–Crippen MR) is 269 cm³/mol. The largest absolute Gasteiger partial charge is 0.465 e. The molecule has 1 rings (SSSR count). The predicted octanol–water partition coefficient (Wildman–Crippen LogP) is 12.0. The number of nitrogens with one attached hydrogen (secondary N) is 1. The number of aliphatic hydroxyl groups is 1. The zero-order chi connectivity index (χ0) is 49.1. The highest BCUT2D eigenvalue weighted by atomic mass is 16.6. The number of aliphatic hydroxyl groups excluding tert-OH is 1. The number of allylic oxidation sites excluding steroid dienone is 4. The van der Waals surface area contributed by atoms with Gasteiger partial charge in [-0.05, 0) is 90.1 Å². The fourth-order valence-electron chi connectivity index (χ4n) is 7.97. The molecule has 1 unspecified atom stereocenters. The normalized spacial score (nSPS) is 14.1. The molecule has 12 nitrogen and oxygen atoms in total. The van der Waals surface area contributed by atoms with Crippen molar-refractivity contribution in [3.63, 3.8) is 0 Å². The minimum Gasteiger partial charge on any atom is -0.465 e. The molecule has 1 amide bonds. The maximum absolute atomic E-state index is 12.9. The average Bonchev–Trinajstić information content (AvgIpc) is 3.84. The van der Waals surface area contributed by atoms with E-state index in [4.69, 9.17) is 18.9 Å². The summed E-state index contributed by atoms with van der Waals surface area (Å²) in [5, 5.41) is 13.3. The summed E-state index contributed by atoms with van der Waals surface area (Å²) in [4.78, 5) is 65.4. The van der Waals surface area contributed by atoms with Crippen LogP contribution >= 0.6 is 0 Å². The summed E-state index contributed by atoms with van der Waals surface area (Å²) < 4.78 is 21.9. The molecule has 0 aromatic rings. The van der Waals surface area contributed by atoms with Gasteiger partial charge in [0.1, 0.15) is 19.3 Å². The minimum absolute atomic E-state index is 0.106. The number of carbonyl (C=O) groups excluding carboxylic acids is 5. The third-order valence-electron chi connectivity index (χ3n) is 12.5. The quantitative estimate of drug-likeness (QED) is 0.0259. The molecular weight excluding hydrogens is 849 g/mol. The van der Waals surface area contributed by atoms with Gasteiger partial charge in [-0.3, -0.25) is 24.0 Å². The molecule has 0 aromatic carbocycles. The highest BCUT2D eigenvalue weighted by Gasteiger charge is 2.35. The molecule has 0 aliphatic carbocycles. The molecule has 67 heavy (non-hydrogen) atoms. The first kappa shape index (κ1) is 61.8. The van der Waals surface area contributed by atoms with Gasteiger partial charge in [-0.2, -0.15) is 0 Å². The molecule has 2 atom stereocenters. The molecular formula is C55H98N2O10. The van der Waals surface area contributed by atoms with Crippen LogP contribution in [0.15, 0.2) is 24.3 Å². The fraction of sp³-hybridized carbons (Fsp3) is 0.836. The minimum atomic E-state index is -1.48. The maximum Gasteiger partial charge on any atom is 0.307 e. The monoisotopic (exact) mass is 947 g/mol. The molecule has 1 heterocycles. The Balaban J connectivity index is 2.45. The van der Waals surface area contributed by atoms with E-state index in [1.165, 1.54) is 83.5 Å². The number of carbonyl (C=O) groups is 5. The summed E-state index contributed by atoms with van der Waals surface area (Å²) in [6, 6.07) is 0. The van der Waals surface area contributed by atoms with Crippen molar-refractivity contribution in [1.29, 1.82) is 0 Å².